The number of benzene rings is 1. The topological polar surface area (TPSA) is 17.1 Å². The standard InChI is InChI=1S/C13H10ClFOS/c14-13(16)12(8-11-5-2-6-17-11)9-3-1-4-10(15)7-9/h1-7,12H,8H2. The van der Waals surface area contributed by atoms with Crippen molar-refractivity contribution in [1.82, 2.24) is 0 Å². The summed E-state index contributed by atoms with van der Waals surface area (Å²) in [7, 11) is 0. The van der Waals surface area contributed by atoms with E-state index >= 15 is 0 Å². The normalized spacial score (nSPS) is 12.4. The lowest BCUT2D eigenvalue weighted by Crippen LogP contribution is -2.09. The smallest absolute Gasteiger partial charge is 0.229 e. The zero-order chi connectivity index (χ0) is 12.3. The number of carbonyl (C=O) groups is 1. The first-order valence-electron chi connectivity index (χ1n) is 5.14. The fourth-order valence-electron chi connectivity index (χ4n) is 1.68. The highest BCUT2D eigenvalue weighted by molar-refractivity contribution is 7.09. The molecule has 17 heavy (non-hydrogen) atoms. The minimum absolute atomic E-state index is 0.350. The Balaban J connectivity index is 2.26. The minimum atomic E-state index is -0.481. The second-order valence-electron chi connectivity index (χ2n) is 3.70. The third-order valence-corrected chi connectivity index (χ3v) is 3.67. The summed E-state index contributed by atoms with van der Waals surface area (Å²) in [5, 5.41) is 1.49. The van der Waals surface area contributed by atoms with Crippen molar-refractivity contribution in [1.29, 1.82) is 0 Å². The summed E-state index contributed by atoms with van der Waals surface area (Å²) < 4.78 is 13.1. The van der Waals surface area contributed by atoms with E-state index in [4.69, 9.17) is 11.6 Å². The monoisotopic (exact) mass is 268 g/mol. The van der Waals surface area contributed by atoms with E-state index in [9.17, 15) is 9.18 Å². The molecular formula is C13H10ClFOS. The summed E-state index contributed by atoms with van der Waals surface area (Å²) in [5.74, 6) is -0.831. The van der Waals surface area contributed by atoms with E-state index < -0.39 is 11.2 Å². The Bertz CT molecular complexity index is 510. The van der Waals surface area contributed by atoms with Gasteiger partial charge in [0.2, 0.25) is 5.24 Å². The first-order chi connectivity index (χ1) is 8.16. The van der Waals surface area contributed by atoms with E-state index in [1.165, 1.54) is 12.1 Å². The molecule has 0 fully saturated rings. The molecule has 0 bridgehead atoms. The van der Waals surface area contributed by atoms with Crippen LogP contribution in [-0.2, 0) is 11.2 Å². The Morgan fingerprint density at radius 1 is 1.35 bits per heavy atom. The molecule has 0 amide bonds. The van der Waals surface area contributed by atoms with Crippen LogP contribution in [0.5, 0.6) is 0 Å². The molecule has 0 radical (unpaired) electrons. The van der Waals surface area contributed by atoms with Gasteiger partial charge in [-0.3, -0.25) is 4.79 Å². The van der Waals surface area contributed by atoms with Crippen molar-refractivity contribution in [3.63, 3.8) is 0 Å². The zero-order valence-electron chi connectivity index (χ0n) is 8.90. The van der Waals surface area contributed by atoms with Crippen molar-refractivity contribution >= 4 is 28.2 Å². The van der Waals surface area contributed by atoms with E-state index in [0.29, 0.717) is 12.0 Å². The number of hydrogen-bond donors (Lipinski definition) is 0. The summed E-state index contributed by atoms with van der Waals surface area (Å²) in [4.78, 5) is 12.5. The summed E-state index contributed by atoms with van der Waals surface area (Å²) in [6.07, 6.45) is 0.517. The van der Waals surface area contributed by atoms with Gasteiger partial charge in [0.25, 0.3) is 0 Å². The molecule has 2 aromatic rings. The molecule has 1 heterocycles. The lowest BCUT2D eigenvalue weighted by Gasteiger charge is -2.11. The second-order valence-corrected chi connectivity index (χ2v) is 5.10. The molecule has 4 heteroatoms. The Morgan fingerprint density at radius 3 is 2.76 bits per heavy atom. The zero-order valence-corrected chi connectivity index (χ0v) is 10.5. The molecule has 0 aliphatic heterocycles. The molecule has 1 aromatic carbocycles. The maximum atomic E-state index is 13.1. The third-order valence-electron chi connectivity index (χ3n) is 2.51. The maximum Gasteiger partial charge on any atom is 0.229 e. The van der Waals surface area contributed by atoms with Crippen molar-refractivity contribution in [3.8, 4) is 0 Å². The van der Waals surface area contributed by atoms with Crippen LogP contribution in [0.15, 0.2) is 41.8 Å². The van der Waals surface area contributed by atoms with Crippen molar-refractivity contribution in [2.24, 2.45) is 0 Å². The Hall–Kier alpha value is -1.19. The van der Waals surface area contributed by atoms with Crippen LogP contribution in [0.1, 0.15) is 16.4 Å². The van der Waals surface area contributed by atoms with E-state index in [-0.39, 0.29) is 5.82 Å². The summed E-state index contributed by atoms with van der Waals surface area (Å²) in [5.41, 5.74) is 0.624. The van der Waals surface area contributed by atoms with Crippen molar-refractivity contribution in [3.05, 3.63) is 58.0 Å². The fourth-order valence-corrected chi connectivity index (χ4v) is 2.64. The van der Waals surface area contributed by atoms with Gasteiger partial charge in [0.05, 0.1) is 5.92 Å². The first-order valence-corrected chi connectivity index (χ1v) is 6.40. The lowest BCUT2D eigenvalue weighted by molar-refractivity contribution is -0.113. The van der Waals surface area contributed by atoms with Crippen molar-refractivity contribution < 1.29 is 9.18 Å². The Kier molecular flexibility index (Phi) is 3.92. The molecule has 1 unspecified atom stereocenters. The number of thiophene rings is 1. The van der Waals surface area contributed by atoms with Gasteiger partial charge in [-0.1, -0.05) is 18.2 Å². The molecule has 0 saturated heterocycles. The highest BCUT2D eigenvalue weighted by Crippen LogP contribution is 2.26. The average Bonchev–Trinajstić information content (AvgIpc) is 2.78. The van der Waals surface area contributed by atoms with Gasteiger partial charge in [0.15, 0.2) is 0 Å². The van der Waals surface area contributed by atoms with Crippen molar-refractivity contribution in [2.75, 3.05) is 0 Å². The van der Waals surface area contributed by atoms with Crippen LogP contribution in [0.3, 0.4) is 0 Å². The van der Waals surface area contributed by atoms with Crippen LogP contribution in [-0.4, -0.2) is 5.24 Å². The lowest BCUT2D eigenvalue weighted by atomic mass is 9.96. The third kappa shape index (κ3) is 3.14. The van der Waals surface area contributed by atoms with Gasteiger partial charge in [0, 0.05) is 4.88 Å². The van der Waals surface area contributed by atoms with Gasteiger partial charge in [0.1, 0.15) is 5.82 Å². The molecule has 1 nitrogen and oxygen atoms in total. The van der Waals surface area contributed by atoms with Crippen LogP contribution in [0.4, 0.5) is 4.39 Å². The number of halogens is 2. The quantitative estimate of drug-likeness (QED) is 0.767. The molecule has 0 N–H and O–H groups in total. The van der Waals surface area contributed by atoms with E-state index in [2.05, 4.69) is 0 Å². The molecule has 0 spiro atoms. The number of hydrogen-bond acceptors (Lipinski definition) is 2. The fraction of sp³-hybridized carbons (Fsp3) is 0.154. The predicted octanol–water partition coefficient (Wildman–Crippen LogP) is 3.98. The number of carbonyl (C=O) groups excluding carboxylic acids is 1. The predicted molar refractivity (Wildman–Crippen MR) is 68.0 cm³/mol. The molecule has 88 valence electrons. The summed E-state index contributed by atoms with van der Waals surface area (Å²) in [6, 6.07) is 9.88. The summed E-state index contributed by atoms with van der Waals surface area (Å²) in [6.45, 7) is 0. The molecule has 0 saturated carbocycles. The van der Waals surface area contributed by atoms with Gasteiger partial charge < -0.3 is 0 Å². The molecule has 0 aliphatic rings. The van der Waals surface area contributed by atoms with Gasteiger partial charge in [-0.2, -0.15) is 0 Å². The molecule has 0 aliphatic carbocycles. The van der Waals surface area contributed by atoms with Gasteiger partial charge >= 0.3 is 0 Å². The van der Waals surface area contributed by atoms with E-state index in [1.54, 1.807) is 23.5 Å². The van der Waals surface area contributed by atoms with E-state index in [0.717, 1.165) is 4.88 Å². The minimum Gasteiger partial charge on any atom is -0.281 e. The largest absolute Gasteiger partial charge is 0.281 e. The average molecular weight is 269 g/mol. The van der Waals surface area contributed by atoms with Gasteiger partial charge in [-0.15, -0.1) is 11.3 Å². The number of rotatable bonds is 4. The second kappa shape index (κ2) is 5.43. The van der Waals surface area contributed by atoms with Crippen LogP contribution in [0.25, 0.3) is 0 Å². The van der Waals surface area contributed by atoms with Gasteiger partial charge in [-0.05, 0) is 47.2 Å². The highest BCUT2D eigenvalue weighted by Gasteiger charge is 2.20. The molecular weight excluding hydrogens is 259 g/mol. The molecule has 1 aromatic heterocycles. The molecule has 1 atom stereocenters. The van der Waals surface area contributed by atoms with Crippen LogP contribution < -0.4 is 0 Å². The van der Waals surface area contributed by atoms with Gasteiger partial charge in [-0.25, -0.2) is 4.39 Å². The highest BCUT2D eigenvalue weighted by atomic mass is 35.5. The summed E-state index contributed by atoms with van der Waals surface area (Å²) >= 11 is 7.15. The molecule has 2 rings (SSSR count). The van der Waals surface area contributed by atoms with Crippen LogP contribution in [0.2, 0.25) is 0 Å². The van der Waals surface area contributed by atoms with Crippen LogP contribution >= 0.6 is 22.9 Å². The Labute approximate surface area is 108 Å². The maximum absolute atomic E-state index is 13.1. The van der Waals surface area contributed by atoms with Crippen LogP contribution in [0, 0.1) is 5.82 Å². The SMILES string of the molecule is O=C(Cl)C(Cc1cccs1)c1cccc(F)c1. The first kappa shape index (κ1) is 12.3. The Morgan fingerprint density at radius 2 is 2.18 bits per heavy atom. The van der Waals surface area contributed by atoms with Crippen molar-refractivity contribution in [2.45, 2.75) is 12.3 Å². The van der Waals surface area contributed by atoms with E-state index in [1.807, 2.05) is 17.5 Å².